The van der Waals surface area contributed by atoms with E-state index >= 15 is 0 Å². The summed E-state index contributed by atoms with van der Waals surface area (Å²) in [5.41, 5.74) is 1.12. The first-order chi connectivity index (χ1) is 13.6. The molecule has 0 saturated heterocycles. The number of dihydropyridines is 1. The highest BCUT2D eigenvalue weighted by Gasteiger charge is 2.36. The van der Waals surface area contributed by atoms with Gasteiger partial charge in [-0.2, -0.15) is 0 Å². The number of ether oxygens (including phenoxy) is 4. The molecular weight excluding hydrogens is 384 g/mol. The van der Waals surface area contributed by atoms with E-state index in [0.717, 1.165) is 7.11 Å². The van der Waals surface area contributed by atoms with E-state index < -0.39 is 29.3 Å². The smallest absolute Gasteiger partial charge is 0.437 e. The van der Waals surface area contributed by atoms with E-state index in [1.807, 2.05) is 0 Å². The zero-order valence-electron chi connectivity index (χ0n) is 16.7. The molecule has 1 aromatic rings. The molecule has 1 heterocycles. The number of benzene rings is 1. The van der Waals surface area contributed by atoms with Crippen molar-refractivity contribution in [1.29, 1.82) is 0 Å². The molecule has 0 aromatic heterocycles. The number of methoxy groups -OCH3 is 1. The maximum absolute atomic E-state index is 12.1. The zero-order valence-corrected chi connectivity index (χ0v) is 16.7. The monoisotopic (exact) mass is 406 g/mol. The fourth-order valence-corrected chi connectivity index (χ4v) is 2.79. The van der Waals surface area contributed by atoms with Crippen molar-refractivity contribution in [3.05, 3.63) is 62.9 Å². The molecule has 29 heavy (non-hydrogen) atoms. The highest BCUT2D eigenvalue weighted by atomic mass is 16.7. The maximum Gasteiger partial charge on any atom is 0.513 e. The molecule has 156 valence electrons. The summed E-state index contributed by atoms with van der Waals surface area (Å²) in [6, 6.07) is 5.72. The highest BCUT2D eigenvalue weighted by Crippen LogP contribution is 2.40. The van der Waals surface area contributed by atoms with Crippen molar-refractivity contribution >= 4 is 18.0 Å². The summed E-state index contributed by atoms with van der Waals surface area (Å²) < 4.78 is 20.3. The molecule has 1 unspecified atom stereocenters. The number of nitrogens with one attached hydrogen (secondary N) is 1. The Morgan fingerprint density at radius 1 is 1.10 bits per heavy atom. The van der Waals surface area contributed by atoms with E-state index in [9.17, 15) is 19.7 Å². The Balaban J connectivity index is 2.56. The van der Waals surface area contributed by atoms with E-state index in [4.69, 9.17) is 14.2 Å². The lowest BCUT2D eigenvalue weighted by Gasteiger charge is -2.30. The number of carbonyl (C=O) groups is 2. The van der Waals surface area contributed by atoms with Crippen molar-refractivity contribution in [3.8, 4) is 0 Å². The summed E-state index contributed by atoms with van der Waals surface area (Å²) in [7, 11) is 1.15. The standard InChI is InChI=1S/C19H22N2O8/c1-10(2)27-19(23)29-17-12(4)20-11(3)16(28-18(22)26-5)15(17)13-7-6-8-14(9-13)21(24)25/h6-10,15,20H,1-5H3. The van der Waals surface area contributed by atoms with Gasteiger partial charge in [0.25, 0.3) is 5.69 Å². The van der Waals surface area contributed by atoms with Crippen LogP contribution >= 0.6 is 0 Å². The predicted molar refractivity (Wildman–Crippen MR) is 101 cm³/mol. The van der Waals surface area contributed by atoms with E-state index in [1.165, 1.54) is 18.2 Å². The van der Waals surface area contributed by atoms with Crippen LogP contribution in [0.5, 0.6) is 0 Å². The Hall–Kier alpha value is -3.56. The SMILES string of the molecule is COC(=O)OC1=C(C)NC(C)=C(OC(=O)OC(C)C)C1c1cccc([N+](=O)[O-])c1. The molecule has 2 rings (SSSR count). The number of rotatable bonds is 5. The average Bonchev–Trinajstić information content (AvgIpc) is 2.64. The van der Waals surface area contributed by atoms with E-state index in [1.54, 1.807) is 33.8 Å². The van der Waals surface area contributed by atoms with Gasteiger partial charge in [-0.05, 0) is 33.3 Å². The van der Waals surface area contributed by atoms with Gasteiger partial charge in [0.1, 0.15) is 17.4 Å². The highest BCUT2D eigenvalue weighted by molar-refractivity contribution is 5.65. The number of carbonyl (C=O) groups excluding carboxylic acids is 2. The molecule has 0 spiro atoms. The molecule has 0 fully saturated rings. The van der Waals surface area contributed by atoms with Gasteiger partial charge in [0.05, 0.1) is 29.5 Å². The molecule has 1 aliphatic heterocycles. The van der Waals surface area contributed by atoms with Crippen molar-refractivity contribution in [2.24, 2.45) is 0 Å². The van der Waals surface area contributed by atoms with Gasteiger partial charge in [0, 0.05) is 12.1 Å². The molecule has 0 saturated carbocycles. The maximum atomic E-state index is 12.1. The molecule has 10 nitrogen and oxygen atoms in total. The average molecular weight is 406 g/mol. The molecule has 1 atom stereocenters. The van der Waals surface area contributed by atoms with Gasteiger partial charge in [-0.25, -0.2) is 9.59 Å². The lowest BCUT2D eigenvalue weighted by Crippen LogP contribution is -2.29. The van der Waals surface area contributed by atoms with Crippen LogP contribution in [0.25, 0.3) is 0 Å². The molecule has 0 aliphatic carbocycles. The van der Waals surface area contributed by atoms with Crippen LogP contribution in [0.15, 0.2) is 47.2 Å². The Morgan fingerprint density at radius 2 is 1.69 bits per heavy atom. The fraction of sp³-hybridized carbons (Fsp3) is 0.368. The molecular formula is C19H22N2O8. The lowest BCUT2D eigenvalue weighted by molar-refractivity contribution is -0.384. The van der Waals surface area contributed by atoms with Crippen LogP contribution in [0.1, 0.15) is 39.2 Å². The first-order valence-electron chi connectivity index (χ1n) is 8.71. The molecule has 0 radical (unpaired) electrons. The minimum atomic E-state index is -0.986. The van der Waals surface area contributed by atoms with Crippen LogP contribution < -0.4 is 5.32 Å². The molecule has 10 heteroatoms. The minimum absolute atomic E-state index is 0.0790. The van der Waals surface area contributed by atoms with Crippen LogP contribution in [0.3, 0.4) is 0 Å². The molecule has 1 aliphatic rings. The van der Waals surface area contributed by atoms with Crippen LogP contribution in [-0.2, 0) is 18.9 Å². The Kier molecular flexibility index (Phi) is 6.81. The summed E-state index contributed by atoms with van der Waals surface area (Å²) in [5.74, 6) is -0.758. The number of nitro benzene ring substituents is 1. The first-order valence-corrected chi connectivity index (χ1v) is 8.71. The normalized spacial score (nSPS) is 16.3. The number of nitrogens with zero attached hydrogens (tertiary/aromatic N) is 1. The van der Waals surface area contributed by atoms with Crippen molar-refractivity contribution in [1.82, 2.24) is 5.32 Å². The second kappa shape index (κ2) is 9.09. The topological polar surface area (TPSA) is 126 Å². The minimum Gasteiger partial charge on any atom is -0.437 e. The van der Waals surface area contributed by atoms with Gasteiger partial charge in [0.2, 0.25) is 0 Å². The summed E-state index contributed by atoms with van der Waals surface area (Å²) >= 11 is 0. The second-order valence-corrected chi connectivity index (χ2v) is 6.46. The van der Waals surface area contributed by atoms with Gasteiger partial charge in [-0.3, -0.25) is 10.1 Å². The first kappa shape index (κ1) is 21.7. The van der Waals surface area contributed by atoms with Gasteiger partial charge >= 0.3 is 12.3 Å². The van der Waals surface area contributed by atoms with E-state index in [0.29, 0.717) is 17.0 Å². The number of nitro groups is 1. The third kappa shape index (κ3) is 5.24. The molecule has 0 bridgehead atoms. The van der Waals surface area contributed by atoms with E-state index in [-0.39, 0.29) is 17.2 Å². The van der Waals surface area contributed by atoms with Gasteiger partial charge < -0.3 is 24.3 Å². The van der Waals surface area contributed by atoms with Crippen LogP contribution in [0.4, 0.5) is 15.3 Å². The number of hydrogen-bond donors (Lipinski definition) is 1. The van der Waals surface area contributed by atoms with Crippen molar-refractivity contribution in [3.63, 3.8) is 0 Å². The molecule has 1 aromatic carbocycles. The van der Waals surface area contributed by atoms with Gasteiger partial charge in [-0.1, -0.05) is 12.1 Å². The quantitative estimate of drug-likeness (QED) is 0.437. The van der Waals surface area contributed by atoms with Crippen molar-refractivity contribution in [2.45, 2.75) is 39.7 Å². The molecule has 0 amide bonds. The zero-order chi connectivity index (χ0) is 21.7. The number of allylic oxidation sites excluding steroid dienone is 2. The summed E-state index contributed by atoms with van der Waals surface area (Å²) in [4.78, 5) is 34.6. The van der Waals surface area contributed by atoms with Gasteiger partial charge in [-0.15, -0.1) is 0 Å². The summed E-state index contributed by atoms with van der Waals surface area (Å²) in [6.45, 7) is 6.63. The lowest BCUT2D eigenvalue weighted by atomic mass is 9.90. The third-order valence-electron chi connectivity index (χ3n) is 3.94. The molecule has 1 N–H and O–H groups in total. The number of non-ortho nitro benzene ring substituents is 1. The summed E-state index contributed by atoms with van der Waals surface area (Å²) in [6.07, 6.45) is -2.36. The number of hydrogen-bond acceptors (Lipinski definition) is 9. The third-order valence-corrected chi connectivity index (χ3v) is 3.94. The van der Waals surface area contributed by atoms with Crippen molar-refractivity contribution in [2.75, 3.05) is 7.11 Å². The van der Waals surface area contributed by atoms with Crippen LogP contribution in [-0.4, -0.2) is 30.4 Å². The van der Waals surface area contributed by atoms with Gasteiger partial charge in [0.15, 0.2) is 0 Å². The Labute approximate surface area is 167 Å². The fourth-order valence-electron chi connectivity index (χ4n) is 2.79. The predicted octanol–water partition coefficient (Wildman–Crippen LogP) is 4.09. The van der Waals surface area contributed by atoms with Crippen molar-refractivity contribution < 1.29 is 33.5 Å². The Morgan fingerprint density at radius 3 is 2.21 bits per heavy atom. The summed E-state index contributed by atoms with van der Waals surface area (Å²) in [5, 5.41) is 14.2. The largest absolute Gasteiger partial charge is 0.513 e. The van der Waals surface area contributed by atoms with Crippen LogP contribution in [0, 0.1) is 10.1 Å². The van der Waals surface area contributed by atoms with E-state index in [2.05, 4.69) is 10.1 Å². The Bertz CT molecular complexity index is 888. The van der Waals surface area contributed by atoms with Crippen LogP contribution in [0.2, 0.25) is 0 Å². The second-order valence-electron chi connectivity index (χ2n) is 6.46.